The number of aryl methyl sites for hydroxylation is 1. The van der Waals surface area contributed by atoms with E-state index >= 15 is 0 Å². The third-order valence-corrected chi connectivity index (χ3v) is 3.82. The second-order valence-electron chi connectivity index (χ2n) is 4.27. The molecule has 92 valence electrons. The van der Waals surface area contributed by atoms with E-state index in [9.17, 15) is 9.59 Å². The molecule has 1 saturated heterocycles. The molecule has 0 aromatic carbocycles. The van der Waals surface area contributed by atoms with Gasteiger partial charge in [-0.05, 0) is 31.8 Å². The molecule has 2 rings (SSSR count). The molecule has 1 aliphatic rings. The second kappa shape index (κ2) is 4.44. The fourth-order valence-corrected chi connectivity index (χ4v) is 2.89. The van der Waals surface area contributed by atoms with Crippen LogP contribution in [0.15, 0.2) is 0 Å². The minimum absolute atomic E-state index is 0.0162. The van der Waals surface area contributed by atoms with Crippen molar-refractivity contribution in [3.63, 3.8) is 0 Å². The predicted octanol–water partition coefficient (Wildman–Crippen LogP) is 1.30. The number of ketones is 1. The number of nitrogens with zero attached hydrogens (tertiary/aromatic N) is 2. The van der Waals surface area contributed by atoms with Gasteiger partial charge in [-0.1, -0.05) is 0 Å². The van der Waals surface area contributed by atoms with Crippen LogP contribution in [-0.4, -0.2) is 40.6 Å². The summed E-state index contributed by atoms with van der Waals surface area (Å²) >= 11 is 1.24. The highest BCUT2D eigenvalue weighted by atomic mass is 32.1. The van der Waals surface area contributed by atoms with Crippen LogP contribution in [-0.2, 0) is 4.79 Å². The number of hydrogen-bond donors (Lipinski definition) is 1. The molecule has 1 atom stereocenters. The SMILES string of the molecule is CC(=O)c1c(C)nsc1NC1CCN(C)C1=O. The van der Waals surface area contributed by atoms with Gasteiger partial charge in [0.05, 0.1) is 11.3 Å². The molecule has 0 spiro atoms. The van der Waals surface area contributed by atoms with Gasteiger partial charge in [-0.25, -0.2) is 0 Å². The molecule has 1 aliphatic heterocycles. The number of carbonyl (C=O) groups excluding carboxylic acids is 2. The predicted molar refractivity (Wildman–Crippen MR) is 66.5 cm³/mol. The number of hydrogen-bond acceptors (Lipinski definition) is 5. The Labute approximate surface area is 104 Å². The van der Waals surface area contributed by atoms with E-state index in [0.717, 1.165) is 18.7 Å². The number of anilines is 1. The number of likely N-dealkylation sites (N-methyl/N-ethyl adjacent to an activating group) is 1. The zero-order valence-electron chi connectivity index (χ0n) is 10.1. The fourth-order valence-electron chi connectivity index (χ4n) is 2.00. The molecule has 1 N–H and O–H groups in total. The van der Waals surface area contributed by atoms with Crippen LogP contribution in [0.25, 0.3) is 0 Å². The Kier molecular flexibility index (Phi) is 3.15. The van der Waals surface area contributed by atoms with Gasteiger partial charge in [0.1, 0.15) is 11.0 Å². The van der Waals surface area contributed by atoms with Crippen molar-refractivity contribution >= 4 is 28.2 Å². The molecule has 1 aromatic rings. The zero-order valence-corrected chi connectivity index (χ0v) is 10.9. The summed E-state index contributed by atoms with van der Waals surface area (Å²) in [5.41, 5.74) is 1.33. The normalized spacial score (nSPS) is 19.8. The van der Waals surface area contributed by atoms with Gasteiger partial charge < -0.3 is 10.2 Å². The first-order valence-electron chi connectivity index (χ1n) is 5.49. The minimum atomic E-state index is -0.224. The van der Waals surface area contributed by atoms with Crippen molar-refractivity contribution in [3.8, 4) is 0 Å². The van der Waals surface area contributed by atoms with Crippen molar-refractivity contribution in [1.29, 1.82) is 0 Å². The lowest BCUT2D eigenvalue weighted by Gasteiger charge is -2.12. The lowest BCUT2D eigenvalue weighted by molar-refractivity contribution is -0.127. The first kappa shape index (κ1) is 12.0. The minimum Gasteiger partial charge on any atom is -0.363 e. The van der Waals surface area contributed by atoms with E-state index in [1.54, 1.807) is 18.9 Å². The van der Waals surface area contributed by atoms with Crippen molar-refractivity contribution in [3.05, 3.63) is 11.3 Å². The van der Waals surface area contributed by atoms with Crippen molar-refractivity contribution in [2.75, 3.05) is 18.9 Å². The third-order valence-electron chi connectivity index (χ3n) is 2.95. The summed E-state index contributed by atoms with van der Waals surface area (Å²) in [6.07, 6.45) is 0.767. The smallest absolute Gasteiger partial charge is 0.244 e. The number of nitrogens with one attached hydrogen (secondary N) is 1. The highest BCUT2D eigenvalue weighted by Crippen LogP contribution is 2.27. The second-order valence-corrected chi connectivity index (χ2v) is 5.05. The largest absolute Gasteiger partial charge is 0.363 e. The summed E-state index contributed by atoms with van der Waals surface area (Å²) in [4.78, 5) is 25.0. The highest BCUT2D eigenvalue weighted by Gasteiger charge is 2.30. The molecular weight excluding hydrogens is 238 g/mol. The monoisotopic (exact) mass is 253 g/mol. The average Bonchev–Trinajstić information content (AvgIpc) is 2.77. The van der Waals surface area contributed by atoms with Gasteiger partial charge in [0.2, 0.25) is 5.91 Å². The maximum atomic E-state index is 11.8. The number of Topliss-reactive ketones (excluding diaryl/α,β-unsaturated/α-hetero) is 1. The molecule has 0 saturated carbocycles. The summed E-state index contributed by atoms with van der Waals surface area (Å²) in [7, 11) is 1.79. The Hall–Kier alpha value is -1.43. The van der Waals surface area contributed by atoms with Crippen LogP contribution in [0.2, 0.25) is 0 Å². The number of likely N-dealkylation sites (tertiary alicyclic amines) is 1. The van der Waals surface area contributed by atoms with Gasteiger partial charge in [0.25, 0.3) is 0 Å². The lowest BCUT2D eigenvalue weighted by atomic mass is 10.1. The fraction of sp³-hybridized carbons (Fsp3) is 0.545. The summed E-state index contributed by atoms with van der Waals surface area (Å²) in [6, 6.07) is -0.224. The van der Waals surface area contributed by atoms with Crippen LogP contribution < -0.4 is 5.32 Å². The molecule has 2 heterocycles. The van der Waals surface area contributed by atoms with E-state index in [-0.39, 0.29) is 17.7 Å². The van der Waals surface area contributed by atoms with Crippen LogP contribution in [0.5, 0.6) is 0 Å². The number of rotatable bonds is 3. The molecule has 0 bridgehead atoms. The van der Waals surface area contributed by atoms with Crippen LogP contribution >= 0.6 is 11.5 Å². The van der Waals surface area contributed by atoms with Crippen LogP contribution in [0, 0.1) is 6.92 Å². The quantitative estimate of drug-likeness (QED) is 0.825. The van der Waals surface area contributed by atoms with Crippen molar-refractivity contribution in [1.82, 2.24) is 9.27 Å². The lowest BCUT2D eigenvalue weighted by Crippen LogP contribution is -2.31. The van der Waals surface area contributed by atoms with Crippen LogP contribution in [0.3, 0.4) is 0 Å². The van der Waals surface area contributed by atoms with E-state index in [1.807, 2.05) is 0 Å². The number of carbonyl (C=O) groups is 2. The Morgan fingerprint density at radius 3 is 2.82 bits per heavy atom. The van der Waals surface area contributed by atoms with E-state index in [0.29, 0.717) is 10.6 Å². The Morgan fingerprint density at radius 1 is 1.59 bits per heavy atom. The Balaban J connectivity index is 2.20. The van der Waals surface area contributed by atoms with E-state index in [2.05, 4.69) is 9.69 Å². The maximum Gasteiger partial charge on any atom is 0.244 e. The summed E-state index contributed by atoms with van der Waals surface area (Å²) in [6.45, 7) is 4.08. The highest BCUT2D eigenvalue weighted by molar-refractivity contribution is 7.10. The van der Waals surface area contributed by atoms with Crippen LogP contribution in [0.1, 0.15) is 29.4 Å². The van der Waals surface area contributed by atoms with Crippen molar-refractivity contribution in [2.45, 2.75) is 26.3 Å². The molecule has 0 radical (unpaired) electrons. The molecule has 1 fully saturated rings. The van der Waals surface area contributed by atoms with E-state index in [4.69, 9.17) is 0 Å². The summed E-state index contributed by atoms with van der Waals surface area (Å²) in [5, 5.41) is 3.85. The number of aromatic nitrogens is 1. The van der Waals surface area contributed by atoms with Gasteiger partial charge in [0, 0.05) is 13.6 Å². The van der Waals surface area contributed by atoms with Gasteiger partial charge in [0.15, 0.2) is 5.78 Å². The molecule has 1 unspecified atom stereocenters. The topological polar surface area (TPSA) is 62.3 Å². The summed E-state index contributed by atoms with van der Waals surface area (Å²) < 4.78 is 4.16. The van der Waals surface area contributed by atoms with E-state index in [1.165, 1.54) is 18.5 Å². The first-order valence-corrected chi connectivity index (χ1v) is 6.26. The molecule has 1 amide bonds. The van der Waals surface area contributed by atoms with Gasteiger partial charge in [-0.15, -0.1) is 0 Å². The van der Waals surface area contributed by atoms with Crippen molar-refractivity contribution < 1.29 is 9.59 Å². The van der Waals surface area contributed by atoms with E-state index < -0.39 is 0 Å². The first-order chi connectivity index (χ1) is 8.00. The molecule has 17 heavy (non-hydrogen) atoms. The zero-order chi connectivity index (χ0) is 12.6. The van der Waals surface area contributed by atoms with Crippen molar-refractivity contribution in [2.24, 2.45) is 0 Å². The molecule has 5 nitrogen and oxygen atoms in total. The Bertz CT molecular complexity index is 469. The summed E-state index contributed by atoms with van der Waals surface area (Å²) in [5.74, 6) is 0.0584. The van der Waals surface area contributed by atoms with Gasteiger partial charge in [-0.2, -0.15) is 4.37 Å². The number of amides is 1. The molecule has 1 aromatic heterocycles. The molecular formula is C11H15N3O2S. The standard InChI is InChI=1S/C11H15N3O2S/c1-6-9(7(2)15)10(17-13-6)12-8-4-5-14(3)11(8)16/h8,12H,4-5H2,1-3H3. The third kappa shape index (κ3) is 2.17. The molecule has 6 heteroatoms. The van der Waals surface area contributed by atoms with Gasteiger partial charge in [-0.3, -0.25) is 9.59 Å². The van der Waals surface area contributed by atoms with Gasteiger partial charge >= 0.3 is 0 Å². The van der Waals surface area contributed by atoms with Crippen LogP contribution in [0.4, 0.5) is 5.00 Å². The maximum absolute atomic E-state index is 11.8. The average molecular weight is 253 g/mol. The Morgan fingerprint density at radius 2 is 2.29 bits per heavy atom. The molecule has 0 aliphatic carbocycles.